The van der Waals surface area contributed by atoms with Crippen molar-refractivity contribution in [3.63, 3.8) is 0 Å². The number of carbonyl (C=O) groups is 2. The summed E-state index contributed by atoms with van der Waals surface area (Å²) in [5.41, 5.74) is 1.70. The molecule has 0 saturated heterocycles. The minimum Gasteiger partial charge on any atom is -0.452 e. The van der Waals surface area contributed by atoms with Crippen molar-refractivity contribution in [1.29, 1.82) is 0 Å². The molecule has 2 aromatic heterocycles. The number of thiazole rings is 1. The SMILES string of the molecule is O=C(COC(=O)c1cccnc1)Nc1nc(-c2ccc(Cl)c(Cl)c2)cs1. The number of benzene rings is 1. The average molecular weight is 408 g/mol. The molecule has 0 unspecified atom stereocenters. The van der Waals surface area contributed by atoms with Crippen LogP contribution < -0.4 is 5.32 Å². The van der Waals surface area contributed by atoms with Crippen LogP contribution in [0.25, 0.3) is 11.3 Å². The van der Waals surface area contributed by atoms with E-state index in [0.29, 0.717) is 20.9 Å². The smallest absolute Gasteiger partial charge is 0.340 e. The molecule has 9 heteroatoms. The molecule has 26 heavy (non-hydrogen) atoms. The number of ether oxygens (including phenoxy) is 1. The molecule has 0 fully saturated rings. The van der Waals surface area contributed by atoms with Gasteiger partial charge in [0.15, 0.2) is 11.7 Å². The summed E-state index contributed by atoms with van der Waals surface area (Å²) >= 11 is 13.1. The van der Waals surface area contributed by atoms with Gasteiger partial charge < -0.3 is 4.74 Å². The lowest BCUT2D eigenvalue weighted by molar-refractivity contribution is -0.119. The number of carbonyl (C=O) groups excluding carboxylic acids is 2. The number of nitrogens with one attached hydrogen (secondary N) is 1. The van der Waals surface area contributed by atoms with E-state index in [-0.39, 0.29) is 5.56 Å². The molecule has 0 bridgehead atoms. The molecule has 1 aromatic carbocycles. The third-order valence-corrected chi connectivity index (χ3v) is 4.69. The van der Waals surface area contributed by atoms with Crippen molar-refractivity contribution in [2.45, 2.75) is 0 Å². The van der Waals surface area contributed by atoms with Crippen LogP contribution in [-0.2, 0) is 9.53 Å². The van der Waals surface area contributed by atoms with E-state index in [1.807, 2.05) is 0 Å². The third-order valence-electron chi connectivity index (χ3n) is 3.20. The lowest BCUT2D eigenvalue weighted by atomic mass is 10.2. The zero-order chi connectivity index (χ0) is 18.5. The topological polar surface area (TPSA) is 81.2 Å². The highest BCUT2D eigenvalue weighted by molar-refractivity contribution is 7.14. The van der Waals surface area contributed by atoms with Gasteiger partial charge in [-0.25, -0.2) is 9.78 Å². The molecule has 1 N–H and O–H groups in total. The van der Waals surface area contributed by atoms with Gasteiger partial charge in [-0.1, -0.05) is 29.3 Å². The monoisotopic (exact) mass is 407 g/mol. The first-order valence-electron chi connectivity index (χ1n) is 7.31. The van der Waals surface area contributed by atoms with Crippen LogP contribution in [0.5, 0.6) is 0 Å². The van der Waals surface area contributed by atoms with E-state index in [4.69, 9.17) is 27.9 Å². The van der Waals surface area contributed by atoms with Crippen molar-refractivity contribution in [3.05, 3.63) is 63.7 Å². The van der Waals surface area contributed by atoms with Gasteiger partial charge in [0.1, 0.15) is 0 Å². The van der Waals surface area contributed by atoms with E-state index >= 15 is 0 Å². The largest absolute Gasteiger partial charge is 0.452 e. The van der Waals surface area contributed by atoms with Crippen LogP contribution in [0.3, 0.4) is 0 Å². The first kappa shape index (κ1) is 18.3. The van der Waals surface area contributed by atoms with Gasteiger partial charge in [0, 0.05) is 23.3 Å². The number of anilines is 1. The van der Waals surface area contributed by atoms with Crippen LogP contribution in [-0.4, -0.2) is 28.5 Å². The number of aromatic nitrogens is 2. The summed E-state index contributed by atoms with van der Waals surface area (Å²) in [4.78, 5) is 31.8. The summed E-state index contributed by atoms with van der Waals surface area (Å²) in [5, 5.41) is 5.61. The Morgan fingerprint density at radius 3 is 2.77 bits per heavy atom. The van der Waals surface area contributed by atoms with Crippen LogP contribution in [0.15, 0.2) is 48.1 Å². The van der Waals surface area contributed by atoms with Gasteiger partial charge in [0.05, 0.1) is 21.3 Å². The minimum atomic E-state index is -0.621. The first-order chi connectivity index (χ1) is 12.5. The zero-order valence-corrected chi connectivity index (χ0v) is 15.4. The van der Waals surface area contributed by atoms with Crippen molar-refractivity contribution < 1.29 is 14.3 Å². The summed E-state index contributed by atoms with van der Waals surface area (Å²) in [6.07, 6.45) is 2.90. The van der Waals surface area contributed by atoms with Crippen molar-refractivity contribution in [1.82, 2.24) is 9.97 Å². The third kappa shape index (κ3) is 4.57. The fourth-order valence-electron chi connectivity index (χ4n) is 1.97. The predicted molar refractivity (Wildman–Crippen MR) is 101 cm³/mol. The average Bonchev–Trinajstić information content (AvgIpc) is 3.11. The molecule has 6 nitrogen and oxygen atoms in total. The quantitative estimate of drug-likeness (QED) is 0.637. The Morgan fingerprint density at radius 1 is 1.19 bits per heavy atom. The zero-order valence-electron chi connectivity index (χ0n) is 13.1. The van der Waals surface area contributed by atoms with Crippen LogP contribution in [0.4, 0.5) is 5.13 Å². The molecule has 3 aromatic rings. The molecule has 132 valence electrons. The number of nitrogens with zero attached hydrogens (tertiary/aromatic N) is 2. The van der Waals surface area contributed by atoms with Gasteiger partial charge in [-0.2, -0.15) is 0 Å². The van der Waals surface area contributed by atoms with E-state index in [1.54, 1.807) is 35.7 Å². The van der Waals surface area contributed by atoms with Crippen LogP contribution in [0.1, 0.15) is 10.4 Å². The van der Waals surface area contributed by atoms with Crippen molar-refractivity contribution >= 4 is 51.5 Å². The Kier molecular flexibility index (Phi) is 5.82. The predicted octanol–water partition coefficient (Wildman–Crippen LogP) is 4.31. The molecule has 0 aliphatic rings. The molecule has 1 amide bonds. The van der Waals surface area contributed by atoms with Gasteiger partial charge in [0.25, 0.3) is 5.91 Å². The highest BCUT2D eigenvalue weighted by Crippen LogP contribution is 2.30. The number of hydrogen-bond donors (Lipinski definition) is 1. The molecule has 0 saturated carbocycles. The number of esters is 1. The second-order valence-corrected chi connectivity index (χ2v) is 6.71. The van der Waals surface area contributed by atoms with Gasteiger partial charge in [-0.15, -0.1) is 11.3 Å². The van der Waals surface area contributed by atoms with E-state index in [1.165, 1.54) is 23.7 Å². The molecule has 0 radical (unpaired) electrons. The number of amides is 1. The molecule has 2 heterocycles. The lowest BCUT2D eigenvalue weighted by Crippen LogP contribution is -2.20. The van der Waals surface area contributed by atoms with E-state index in [0.717, 1.165) is 5.56 Å². The number of halogens is 2. The van der Waals surface area contributed by atoms with Gasteiger partial charge in [-0.3, -0.25) is 15.1 Å². The summed E-state index contributed by atoms with van der Waals surface area (Å²) < 4.78 is 4.94. The van der Waals surface area contributed by atoms with E-state index in [2.05, 4.69) is 15.3 Å². The Morgan fingerprint density at radius 2 is 2.04 bits per heavy atom. The Bertz CT molecular complexity index is 947. The maximum absolute atomic E-state index is 11.9. The second kappa shape index (κ2) is 8.27. The summed E-state index contributed by atoms with van der Waals surface area (Å²) in [5.74, 6) is -1.11. The van der Waals surface area contributed by atoms with Crippen LogP contribution in [0, 0.1) is 0 Å². The van der Waals surface area contributed by atoms with Gasteiger partial charge >= 0.3 is 5.97 Å². The lowest BCUT2D eigenvalue weighted by Gasteiger charge is -2.04. The Balaban J connectivity index is 1.57. The number of hydrogen-bond acceptors (Lipinski definition) is 6. The molecule has 0 aliphatic heterocycles. The van der Waals surface area contributed by atoms with Crippen molar-refractivity contribution in [2.24, 2.45) is 0 Å². The number of rotatable bonds is 5. The highest BCUT2D eigenvalue weighted by atomic mass is 35.5. The molecule has 3 rings (SSSR count). The maximum Gasteiger partial charge on any atom is 0.340 e. The molecular weight excluding hydrogens is 397 g/mol. The second-order valence-electron chi connectivity index (χ2n) is 5.03. The van der Waals surface area contributed by atoms with E-state index < -0.39 is 18.5 Å². The Labute approximate surface area is 162 Å². The summed E-state index contributed by atoms with van der Waals surface area (Å²) in [7, 11) is 0. The molecular formula is C17H11Cl2N3O3S. The highest BCUT2D eigenvalue weighted by Gasteiger charge is 2.12. The summed E-state index contributed by atoms with van der Waals surface area (Å²) in [6, 6.07) is 8.31. The summed E-state index contributed by atoms with van der Waals surface area (Å²) in [6.45, 7) is -0.421. The standard InChI is InChI=1S/C17H11Cl2N3O3S/c18-12-4-3-10(6-13(12)19)14-9-26-17(21-14)22-15(23)8-25-16(24)11-2-1-5-20-7-11/h1-7,9H,8H2,(H,21,22,23). The normalized spacial score (nSPS) is 10.4. The van der Waals surface area contributed by atoms with Gasteiger partial charge in [0.2, 0.25) is 0 Å². The van der Waals surface area contributed by atoms with E-state index in [9.17, 15) is 9.59 Å². The minimum absolute atomic E-state index is 0.274. The molecule has 0 spiro atoms. The van der Waals surface area contributed by atoms with Crippen LogP contribution >= 0.6 is 34.5 Å². The fraction of sp³-hybridized carbons (Fsp3) is 0.0588. The maximum atomic E-state index is 11.9. The van der Waals surface area contributed by atoms with Crippen molar-refractivity contribution in [3.8, 4) is 11.3 Å². The molecule has 0 atom stereocenters. The first-order valence-corrected chi connectivity index (χ1v) is 8.94. The fourth-order valence-corrected chi connectivity index (χ4v) is 3.01. The van der Waals surface area contributed by atoms with Crippen LogP contribution in [0.2, 0.25) is 10.0 Å². The van der Waals surface area contributed by atoms with Gasteiger partial charge in [-0.05, 0) is 24.3 Å². The van der Waals surface area contributed by atoms with Crippen molar-refractivity contribution in [2.75, 3.05) is 11.9 Å². The number of pyridine rings is 1. The molecule has 0 aliphatic carbocycles. The Hall–Kier alpha value is -2.48.